The fourth-order valence-corrected chi connectivity index (χ4v) is 3.41. The van der Waals surface area contributed by atoms with Crippen LogP contribution in [0.5, 0.6) is 5.75 Å². The molecule has 0 radical (unpaired) electrons. The molecule has 11 nitrogen and oxygen atoms in total. The fraction of sp³-hybridized carbons (Fsp3) is 0.200. The van der Waals surface area contributed by atoms with Gasteiger partial charge in [-0.3, -0.25) is 4.79 Å². The third kappa shape index (κ3) is 5.21. The van der Waals surface area contributed by atoms with E-state index >= 15 is 0 Å². The maximum absolute atomic E-state index is 12.5. The van der Waals surface area contributed by atoms with Crippen molar-refractivity contribution in [3.05, 3.63) is 53.6 Å². The van der Waals surface area contributed by atoms with Gasteiger partial charge >= 0.3 is 11.9 Å². The normalized spacial score (nSPS) is 10.3. The summed E-state index contributed by atoms with van der Waals surface area (Å²) >= 11 is 1.10. The average Bonchev–Trinajstić information content (AvgIpc) is 3.29. The van der Waals surface area contributed by atoms with Gasteiger partial charge in [0.15, 0.2) is 0 Å². The van der Waals surface area contributed by atoms with Gasteiger partial charge in [-0.15, -0.1) is 5.10 Å². The summed E-state index contributed by atoms with van der Waals surface area (Å²) in [7, 11) is 3.97. The van der Waals surface area contributed by atoms with Gasteiger partial charge in [0.25, 0.3) is 0 Å². The molecule has 3 aromatic rings. The third-order valence-corrected chi connectivity index (χ3v) is 5.06. The SMILES string of the molecule is COC(=O)c1cc(NC(=O)CSc2nnnn2-c2ccccc2OC)cc(C(=O)OC)c1. The Labute approximate surface area is 187 Å². The van der Waals surface area contributed by atoms with Crippen molar-refractivity contribution in [3.63, 3.8) is 0 Å². The van der Waals surface area contributed by atoms with Crippen molar-refractivity contribution in [1.82, 2.24) is 20.2 Å². The summed E-state index contributed by atoms with van der Waals surface area (Å²) in [6.07, 6.45) is 0. The topological polar surface area (TPSA) is 135 Å². The molecule has 0 bridgehead atoms. The van der Waals surface area contributed by atoms with Gasteiger partial charge in [0.2, 0.25) is 11.1 Å². The second-order valence-corrected chi connectivity index (χ2v) is 7.11. The molecule has 1 heterocycles. The van der Waals surface area contributed by atoms with Crippen LogP contribution in [0.4, 0.5) is 5.69 Å². The molecule has 0 aliphatic carbocycles. The Bertz CT molecular complexity index is 1110. The molecule has 0 fully saturated rings. The Kier molecular flexibility index (Phi) is 7.39. The summed E-state index contributed by atoms with van der Waals surface area (Å²) in [6, 6.07) is 11.3. The molecule has 0 aliphatic heterocycles. The number of benzene rings is 2. The lowest BCUT2D eigenvalue weighted by Crippen LogP contribution is -2.16. The summed E-state index contributed by atoms with van der Waals surface area (Å²) in [6.45, 7) is 0. The maximum Gasteiger partial charge on any atom is 0.337 e. The van der Waals surface area contributed by atoms with Crippen LogP contribution in [0.2, 0.25) is 0 Å². The van der Waals surface area contributed by atoms with E-state index in [1.54, 1.807) is 12.1 Å². The van der Waals surface area contributed by atoms with E-state index in [0.717, 1.165) is 11.8 Å². The van der Waals surface area contributed by atoms with E-state index in [2.05, 4.69) is 20.8 Å². The van der Waals surface area contributed by atoms with Crippen LogP contribution in [0.3, 0.4) is 0 Å². The molecule has 0 saturated heterocycles. The predicted molar refractivity (Wildman–Crippen MR) is 114 cm³/mol. The van der Waals surface area contributed by atoms with Crippen molar-refractivity contribution in [1.29, 1.82) is 0 Å². The Morgan fingerprint density at radius 2 is 1.66 bits per heavy atom. The number of hydrogen-bond donors (Lipinski definition) is 1. The van der Waals surface area contributed by atoms with E-state index in [1.807, 2.05) is 12.1 Å². The monoisotopic (exact) mass is 457 g/mol. The summed E-state index contributed by atoms with van der Waals surface area (Å²) in [5.41, 5.74) is 1.05. The van der Waals surface area contributed by atoms with Crippen molar-refractivity contribution >= 4 is 35.3 Å². The number of thioether (sulfide) groups is 1. The van der Waals surface area contributed by atoms with Gasteiger partial charge in [-0.25, -0.2) is 9.59 Å². The van der Waals surface area contributed by atoms with Crippen molar-refractivity contribution in [3.8, 4) is 11.4 Å². The van der Waals surface area contributed by atoms with Crippen LogP contribution >= 0.6 is 11.8 Å². The first-order valence-electron chi connectivity index (χ1n) is 9.13. The molecule has 1 aromatic heterocycles. The number of methoxy groups -OCH3 is 3. The van der Waals surface area contributed by atoms with Crippen LogP contribution in [-0.4, -0.2) is 65.1 Å². The largest absolute Gasteiger partial charge is 0.494 e. The first kappa shape index (κ1) is 22.7. The first-order valence-corrected chi connectivity index (χ1v) is 10.1. The Morgan fingerprint density at radius 3 is 2.28 bits per heavy atom. The van der Waals surface area contributed by atoms with Crippen LogP contribution in [0.25, 0.3) is 5.69 Å². The molecule has 0 atom stereocenters. The molecule has 0 spiro atoms. The number of anilines is 1. The highest BCUT2D eigenvalue weighted by atomic mass is 32.2. The molecule has 0 unspecified atom stereocenters. The van der Waals surface area contributed by atoms with Gasteiger partial charge in [-0.2, -0.15) is 4.68 Å². The minimum Gasteiger partial charge on any atom is -0.494 e. The van der Waals surface area contributed by atoms with Crippen LogP contribution in [0.1, 0.15) is 20.7 Å². The van der Waals surface area contributed by atoms with E-state index in [1.165, 1.54) is 44.2 Å². The van der Waals surface area contributed by atoms with Crippen molar-refractivity contribution in [2.45, 2.75) is 5.16 Å². The lowest BCUT2D eigenvalue weighted by atomic mass is 10.1. The van der Waals surface area contributed by atoms with E-state index in [4.69, 9.17) is 14.2 Å². The molecule has 0 aliphatic rings. The zero-order chi connectivity index (χ0) is 23.1. The number of esters is 2. The smallest absolute Gasteiger partial charge is 0.337 e. The number of hydrogen-bond acceptors (Lipinski definition) is 10. The number of carbonyl (C=O) groups excluding carboxylic acids is 3. The lowest BCUT2D eigenvalue weighted by molar-refractivity contribution is -0.113. The number of carbonyl (C=O) groups is 3. The summed E-state index contributed by atoms with van der Waals surface area (Å²) in [5.74, 6) is -1.18. The quantitative estimate of drug-likeness (QED) is 0.395. The molecule has 1 amide bonds. The first-order chi connectivity index (χ1) is 15.5. The van der Waals surface area contributed by atoms with Gasteiger partial charge in [-0.05, 0) is 40.8 Å². The highest BCUT2D eigenvalue weighted by molar-refractivity contribution is 7.99. The van der Waals surface area contributed by atoms with Gasteiger partial charge in [0.1, 0.15) is 11.4 Å². The van der Waals surface area contributed by atoms with E-state index in [0.29, 0.717) is 16.6 Å². The van der Waals surface area contributed by atoms with Gasteiger partial charge in [-0.1, -0.05) is 23.9 Å². The predicted octanol–water partition coefficient (Wildman–Crippen LogP) is 1.97. The summed E-state index contributed by atoms with van der Waals surface area (Å²) in [4.78, 5) is 36.3. The number of ether oxygens (including phenoxy) is 3. The highest BCUT2D eigenvalue weighted by Gasteiger charge is 2.17. The number of nitrogens with one attached hydrogen (secondary N) is 1. The zero-order valence-electron chi connectivity index (χ0n) is 17.4. The van der Waals surface area contributed by atoms with Crippen molar-refractivity contribution in [2.75, 3.05) is 32.4 Å². The van der Waals surface area contributed by atoms with Crippen LogP contribution in [0, 0.1) is 0 Å². The van der Waals surface area contributed by atoms with Crippen molar-refractivity contribution in [2.24, 2.45) is 0 Å². The Balaban J connectivity index is 1.74. The van der Waals surface area contributed by atoms with Crippen molar-refractivity contribution < 1.29 is 28.6 Å². The average molecular weight is 457 g/mol. The van der Waals surface area contributed by atoms with Gasteiger partial charge in [0, 0.05) is 5.69 Å². The minimum atomic E-state index is -0.656. The maximum atomic E-state index is 12.5. The molecule has 1 N–H and O–H groups in total. The zero-order valence-corrected chi connectivity index (χ0v) is 18.2. The Morgan fingerprint density at radius 1 is 1.00 bits per heavy atom. The minimum absolute atomic E-state index is 0.0362. The molecule has 32 heavy (non-hydrogen) atoms. The second kappa shape index (κ2) is 10.4. The van der Waals surface area contributed by atoms with Crippen LogP contribution < -0.4 is 10.1 Å². The molecule has 3 rings (SSSR count). The number of aromatic nitrogens is 4. The lowest BCUT2D eigenvalue weighted by Gasteiger charge is -2.10. The molecule has 166 valence electrons. The molecule has 12 heteroatoms. The Hall–Kier alpha value is -3.93. The summed E-state index contributed by atoms with van der Waals surface area (Å²) < 4.78 is 16.2. The number of tetrazole rings is 1. The fourth-order valence-electron chi connectivity index (χ4n) is 2.72. The standard InChI is InChI=1S/C20H19N5O6S/c1-29-16-7-5-4-6-15(16)25-20(22-23-24-25)32-11-17(26)21-14-9-12(18(27)30-2)8-13(10-14)19(28)31-3/h4-10H,11H2,1-3H3,(H,21,26). The number of amides is 1. The molecular weight excluding hydrogens is 438 g/mol. The molecule has 2 aromatic carbocycles. The van der Waals surface area contributed by atoms with E-state index < -0.39 is 17.8 Å². The number of para-hydroxylation sites is 2. The number of nitrogens with zero attached hydrogens (tertiary/aromatic N) is 4. The summed E-state index contributed by atoms with van der Waals surface area (Å²) in [5, 5.41) is 14.6. The van der Waals surface area contributed by atoms with Gasteiger partial charge < -0.3 is 19.5 Å². The highest BCUT2D eigenvalue weighted by Crippen LogP contribution is 2.25. The van der Waals surface area contributed by atoms with Crippen LogP contribution in [-0.2, 0) is 14.3 Å². The molecular formula is C20H19N5O6S. The second-order valence-electron chi connectivity index (χ2n) is 6.16. The third-order valence-electron chi connectivity index (χ3n) is 4.15. The van der Waals surface area contributed by atoms with E-state index in [9.17, 15) is 14.4 Å². The van der Waals surface area contributed by atoms with Crippen LogP contribution in [0.15, 0.2) is 47.6 Å². The van der Waals surface area contributed by atoms with Gasteiger partial charge in [0.05, 0.1) is 38.2 Å². The molecule has 0 saturated carbocycles. The van der Waals surface area contributed by atoms with E-state index in [-0.39, 0.29) is 22.6 Å². The number of rotatable bonds is 8.